The van der Waals surface area contributed by atoms with E-state index in [2.05, 4.69) is 17.3 Å². The fourth-order valence-corrected chi connectivity index (χ4v) is 1.91. The van der Waals surface area contributed by atoms with Gasteiger partial charge in [-0.3, -0.25) is 0 Å². The van der Waals surface area contributed by atoms with Gasteiger partial charge >= 0.3 is 0 Å². The molecule has 0 bridgehead atoms. The summed E-state index contributed by atoms with van der Waals surface area (Å²) in [6.45, 7) is 1.81. The van der Waals surface area contributed by atoms with Crippen LogP contribution in [0.2, 0.25) is 0 Å². The normalized spacial score (nSPS) is 17.9. The summed E-state index contributed by atoms with van der Waals surface area (Å²) < 4.78 is 5.55. The molecule has 0 radical (unpaired) electrons. The number of hydrogen-bond donors (Lipinski definition) is 1. The van der Waals surface area contributed by atoms with Gasteiger partial charge in [0.2, 0.25) is 0 Å². The molecule has 1 N–H and O–H groups in total. The molecule has 1 aromatic rings. The Labute approximate surface area is 90.6 Å². The molecule has 2 rings (SSSR count). The van der Waals surface area contributed by atoms with Gasteiger partial charge in [0.05, 0.1) is 5.60 Å². The maximum Gasteiger partial charge on any atom is 0.0966 e. The van der Waals surface area contributed by atoms with E-state index in [0.717, 1.165) is 25.1 Å². The molecule has 1 aliphatic rings. The van der Waals surface area contributed by atoms with E-state index in [1.165, 1.54) is 5.56 Å². The smallest absolute Gasteiger partial charge is 0.0966 e. The standard InChI is InChI=1S/C13H15NO/c1-3-11-6-4-5-7-12(11)8-13(15-2)9-14-10-13/h1,4-7,14H,8-10H2,2H3. The van der Waals surface area contributed by atoms with Crippen molar-refractivity contribution in [2.75, 3.05) is 20.2 Å². The summed E-state index contributed by atoms with van der Waals surface area (Å²) in [6, 6.07) is 8.04. The zero-order chi connectivity index (χ0) is 10.7. The van der Waals surface area contributed by atoms with Crippen molar-refractivity contribution in [3.8, 4) is 12.3 Å². The molecule has 2 nitrogen and oxygen atoms in total. The highest BCUT2D eigenvalue weighted by atomic mass is 16.5. The molecule has 1 aliphatic heterocycles. The molecule has 1 aromatic carbocycles. The molecule has 78 valence electrons. The maximum absolute atomic E-state index is 5.55. The Morgan fingerprint density at radius 3 is 2.73 bits per heavy atom. The third-order valence-electron chi connectivity index (χ3n) is 3.01. The van der Waals surface area contributed by atoms with Crippen molar-refractivity contribution in [1.82, 2.24) is 5.32 Å². The van der Waals surface area contributed by atoms with Gasteiger partial charge in [-0.1, -0.05) is 24.1 Å². The van der Waals surface area contributed by atoms with Crippen molar-refractivity contribution in [2.45, 2.75) is 12.0 Å². The predicted octanol–water partition coefficient (Wildman–Crippen LogP) is 1.20. The van der Waals surface area contributed by atoms with Crippen LogP contribution in [-0.4, -0.2) is 25.8 Å². The lowest BCUT2D eigenvalue weighted by Gasteiger charge is -2.41. The minimum Gasteiger partial charge on any atom is -0.375 e. The first-order valence-electron chi connectivity index (χ1n) is 5.10. The molecule has 15 heavy (non-hydrogen) atoms. The molecule has 0 saturated carbocycles. The van der Waals surface area contributed by atoms with E-state index in [4.69, 9.17) is 11.2 Å². The average Bonchev–Trinajstić information content (AvgIpc) is 2.24. The second-order valence-corrected chi connectivity index (χ2v) is 3.97. The molecular formula is C13H15NO. The van der Waals surface area contributed by atoms with Gasteiger partial charge < -0.3 is 10.1 Å². The molecular weight excluding hydrogens is 186 g/mol. The highest BCUT2D eigenvalue weighted by molar-refractivity contribution is 5.40. The van der Waals surface area contributed by atoms with Crippen molar-refractivity contribution < 1.29 is 4.74 Å². The Hall–Kier alpha value is -1.30. The first-order chi connectivity index (χ1) is 7.29. The summed E-state index contributed by atoms with van der Waals surface area (Å²) >= 11 is 0. The average molecular weight is 201 g/mol. The fraction of sp³-hybridized carbons (Fsp3) is 0.385. The molecule has 1 heterocycles. The summed E-state index contributed by atoms with van der Waals surface area (Å²) in [4.78, 5) is 0. The Bertz CT molecular complexity index is 382. The van der Waals surface area contributed by atoms with Crippen molar-refractivity contribution in [1.29, 1.82) is 0 Å². The largest absolute Gasteiger partial charge is 0.375 e. The van der Waals surface area contributed by atoms with Crippen LogP contribution < -0.4 is 5.32 Å². The highest BCUT2D eigenvalue weighted by Gasteiger charge is 2.37. The Morgan fingerprint density at radius 1 is 1.47 bits per heavy atom. The van der Waals surface area contributed by atoms with Crippen LogP contribution in [-0.2, 0) is 11.2 Å². The van der Waals surface area contributed by atoms with E-state index in [1.807, 2.05) is 18.2 Å². The number of rotatable bonds is 3. The molecule has 0 aromatic heterocycles. The van der Waals surface area contributed by atoms with E-state index in [9.17, 15) is 0 Å². The first kappa shape index (κ1) is 10.2. The zero-order valence-corrected chi connectivity index (χ0v) is 8.92. The van der Waals surface area contributed by atoms with Crippen LogP contribution in [0.4, 0.5) is 0 Å². The minimum atomic E-state index is -0.0487. The Morgan fingerprint density at radius 2 is 2.20 bits per heavy atom. The highest BCUT2D eigenvalue weighted by Crippen LogP contribution is 2.23. The first-order valence-corrected chi connectivity index (χ1v) is 5.10. The van der Waals surface area contributed by atoms with Gasteiger partial charge in [-0.2, -0.15) is 0 Å². The van der Waals surface area contributed by atoms with Crippen LogP contribution in [0.3, 0.4) is 0 Å². The zero-order valence-electron chi connectivity index (χ0n) is 8.92. The molecule has 0 amide bonds. The van der Waals surface area contributed by atoms with Gasteiger partial charge in [-0.05, 0) is 11.6 Å². The van der Waals surface area contributed by atoms with E-state index in [-0.39, 0.29) is 5.60 Å². The van der Waals surface area contributed by atoms with Gasteiger partial charge in [0.15, 0.2) is 0 Å². The van der Waals surface area contributed by atoms with Crippen molar-refractivity contribution in [2.24, 2.45) is 0 Å². The molecule has 0 unspecified atom stereocenters. The van der Waals surface area contributed by atoms with Crippen molar-refractivity contribution >= 4 is 0 Å². The summed E-state index contributed by atoms with van der Waals surface area (Å²) in [5.41, 5.74) is 2.12. The fourth-order valence-electron chi connectivity index (χ4n) is 1.91. The van der Waals surface area contributed by atoms with Gasteiger partial charge in [0, 0.05) is 32.2 Å². The lowest BCUT2D eigenvalue weighted by Crippen LogP contribution is -2.61. The number of terminal acetylenes is 1. The predicted molar refractivity (Wildman–Crippen MR) is 60.7 cm³/mol. The van der Waals surface area contributed by atoms with Crippen molar-refractivity contribution in [3.63, 3.8) is 0 Å². The summed E-state index contributed by atoms with van der Waals surface area (Å²) in [5, 5.41) is 3.23. The molecule has 0 aliphatic carbocycles. The van der Waals surface area contributed by atoms with Gasteiger partial charge in [-0.15, -0.1) is 6.42 Å². The van der Waals surface area contributed by atoms with Crippen LogP contribution in [0, 0.1) is 12.3 Å². The topological polar surface area (TPSA) is 21.3 Å². The molecule has 2 heteroatoms. The van der Waals surface area contributed by atoms with Crippen LogP contribution in [0.5, 0.6) is 0 Å². The quantitative estimate of drug-likeness (QED) is 0.742. The second-order valence-electron chi connectivity index (χ2n) is 3.97. The monoisotopic (exact) mass is 201 g/mol. The number of hydrogen-bond acceptors (Lipinski definition) is 2. The van der Waals surface area contributed by atoms with E-state index in [1.54, 1.807) is 7.11 Å². The number of ether oxygens (including phenoxy) is 1. The molecule has 1 fully saturated rings. The number of methoxy groups -OCH3 is 1. The van der Waals surface area contributed by atoms with E-state index < -0.39 is 0 Å². The minimum absolute atomic E-state index is 0.0487. The summed E-state index contributed by atoms with van der Waals surface area (Å²) in [5.74, 6) is 2.71. The molecule has 0 atom stereocenters. The van der Waals surface area contributed by atoms with Crippen LogP contribution in [0.15, 0.2) is 24.3 Å². The maximum atomic E-state index is 5.55. The SMILES string of the molecule is C#Cc1ccccc1CC1(OC)CNC1. The lowest BCUT2D eigenvalue weighted by molar-refractivity contribution is -0.0502. The third-order valence-corrected chi connectivity index (χ3v) is 3.01. The molecule has 1 saturated heterocycles. The second kappa shape index (κ2) is 4.06. The van der Waals surface area contributed by atoms with Crippen molar-refractivity contribution in [3.05, 3.63) is 35.4 Å². The van der Waals surface area contributed by atoms with E-state index in [0.29, 0.717) is 0 Å². The van der Waals surface area contributed by atoms with Crippen LogP contribution in [0.1, 0.15) is 11.1 Å². The van der Waals surface area contributed by atoms with Gasteiger partial charge in [-0.25, -0.2) is 0 Å². The van der Waals surface area contributed by atoms with Crippen LogP contribution in [0.25, 0.3) is 0 Å². The molecule has 0 spiro atoms. The summed E-state index contributed by atoms with van der Waals surface area (Å²) in [6.07, 6.45) is 6.35. The third kappa shape index (κ3) is 1.90. The Kier molecular flexibility index (Phi) is 2.77. The lowest BCUT2D eigenvalue weighted by atomic mass is 9.87. The number of nitrogens with one attached hydrogen (secondary N) is 1. The Balaban J connectivity index is 2.20. The van der Waals surface area contributed by atoms with Gasteiger partial charge in [0.25, 0.3) is 0 Å². The summed E-state index contributed by atoms with van der Waals surface area (Å²) in [7, 11) is 1.76. The number of benzene rings is 1. The van der Waals surface area contributed by atoms with E-state index >= 15 is 0 Å². The van der Waals surface area contributed by atoms with Crippen LogP contribution >= 0.6 is 0 Å². The van der Waals surface area contributed by atoms with Gasteiger partial charge in [0.1, 0.15) is 0 Å².